The lowest BCUT2D eigenvalue weighted by Crippen LogP contribution is -2.46. The van der Waals surface area contributed by atoms with Gasteiger partial charge >= 0.3 is 6.02 Å². The normalized spacial score (nSPS) is 20.7. The molecule has 122 valence electrons. The Morgan fingerprint density at radius 2 is 2.10 bits per heavy atom. The number of halogens is 1. The van der Waals surface area contributed by atoms with Gasteiger partial charge in [-0.1, -0.05) is 0 Å². The predicted octanol–water partition coefficient (Wildman–Crippen LogP) is 2.24. The summed E-state index contributed by atoms with van der Waals surface area (Å²) in [5, 5.41) is 12.2. The summed E-state index contributed by atoms with van der Waals surface area (Å²) in [7, 11) is 1.74. The van der Waals surface area contributed by atoms with Crippen LogP contribution in [-0.4, -0.2) is 60.4 Å². The van der Waals surface area contributed by atoms with Crippen molar-refractivity contribution < 1.29 is 14.7 Å². The molecule has 0 aliphatic carbocycles. The van der Waals surface area contributed by atoms with Gasteiger partial charge in [0.05, 0.1) is 13.7 Å². The van der Waals surface area contributed by atoms with E-state index in [4.69, 9.17) is 14.7 Å². The molecule has 0 atom stereocenters. The number of oxime groups is 1. The molecule has 1 N–H and O–H groups in total. The molecule has 7 heteroatoms. The molecule has 0 aromatic carbocycles. The van der Waals surface area contributed by atoms with Crippen LogP contribution in [0.5, 0.6) is 0 Å². The van der Waals surface area contributed by atoms with Crippen molar-refractivity contribution in [1.29, 1.82) is 0 Å². The number of ether oxygens (including phenoxy) is 2. The minimum atomic E-state index is 0. The summed E-state index contributed by atoms with van der Waals surface area (Å²) in [5.74, 6) is 1.07. The van der Waals surface area contributed by atoms with Gasteiger partial charge in [-0.15, -0.1) is 12.4 Å². The Balaban J connectivity index is 0.00000220. The number of likely N-dealkylation sites (tertiary alicyclic amines) is 1. The van der Waals surface area contributed by atoms with Crippen LogP contribution in [0.3, 0.4) is 0 Å². The first kappa shape index (κ1) is 17.8. The molecule has 1 saturated heterocycles. The average Bonchev–Trinajstić information content (AvgIpc) is 2.53. The van der Waals surface area contributed by atoms with Gasteiger partial charge in [-0.3, -0.25) is 0 Å². The van der Waals surface area contributed by atoms with Crippen LogP contribution in [0, 0.1) is 0 Å². The predicted molar refractivity (Wildman–Crippen MR) is 83.7 cm³/mol. The minimum absolute atomic E-state index is 0. The van der Waals surface area contributed by atoms with Crippen LogP contribution in [0.4, 0.5) is 0 Å². The van der Waals surface area contributed by atoms with Gasteiger partial charge in [-0.2, -0.15) is 0 Å². The van der Waals surface area contributed by atoms with Crippen molar-refractivity contribution in [2.45, 2.75) is 38.6 Å². The van der Waals surface area contributed by atoms with Crippen LogP contribution < -0.4 is 0 Å². The molecule has 2 aliphatic heterocycles. The van der Waals surface area contributed by atoms with E-state index in [0.717, 1.165) is 51.1 Å². The Hall–Kier alpha value is -1.30. The Morgan fingerprint density at radius 3 is 2.67 bits per heavy atom. The fourth-order valence-corrected chi connectivity index (χ4v) is 2.89. The third kappa shape index (κ3) is 4.59. The molecule has 2 rings (SSSR count). The molecule has 0 saturated carbocycles. The van der Waals surface area contributed by atoms with Crippen LogP contribution in [0.1, 0.15) is 32.6 Å². The molecule has 2 aliphatic rings. The highest BCUT2D eigenvalue weighted by Gasteiger charge is 2.27. The number of piperidine rings is 1. The number of allylic oxidation sites excluding steroid dienone is 1. The van der Waals surface area contributed by atoms with E-state index in [9.17, 15) is 0 Å². The molecule has 0 radical (unpaired) electrons. The van der Waals surface area contributed by atoms with E-state index >= 15 is 0 Å². The van der Waals surface area contributed by atoms with Gasteiger partial charge in [0.1, 0.15) is 5.76 Å². The Kier molecular flexibility index (Phi) is 7.50. The summed E-state index contributed by atoms with van der Waals surface area (Å²) >= 11 is 0. The molecule has 0 amide bonds. The molecule has 0 bridgehead atoms. The number of nitrogens with zero attached hydrogens (tertiary/aromatic N) is 3. The number of hydrogen-bond acceptors (Lipinski definition) is 5. The smallest absolute Gasteiger partial charge is 0.326 e. The third-order valence-corrected chi connectivity index (χ3v) is 3.97. The van der Waals surface area contributed by atoms with E-state index in [1.54, 1.807) is 7.11 Å². The lowest BCUT2D eigenvalue weighted by Gasteiger charge is -2.39. The maximum atomic E-state index is 8.98. The maximum absolute atomic E-state index is 8.98. The van der Waals surface area contributed by atoms with Crippen molar-refractivity contribution in [2.24, 2.45) is 5.16 Å². The fourth-order valence-electron chi connectivity index (χ4n) is 2.89. The summed E-state index contributed by atoms with van der Waals surface area (Å²) in [6.07, 6.45) is 6.44. The molecular formula is C14H26ClN3O3. The van der Waals surface area contributed by atoms with E-state index in [1.807, 2.05) is 11.8 Å². The first-order valence-electron chi connectivity index (χ1n) is 7.38. The lowest BCUT2D eigenvalue weighted by atomic mass is 10.0. The zero-order valence-corrected chi connectivity index (χ0v) is 13.6. The van der Waals surface area contributed by atoms with Gasteiger partial charge in [0.15, 0.2) is 0 Å². The summed E-state index contributed by atoms with van der Waals surface area (Å²) in [5.41, 5.74) is 0. The van der Waals surface area contributed by atoms with Gasteiger partial charge in [-0.05, 0) is 31.3 Å². The van der Waals surface area contributed by atoms with E-state index in [-0.39, 0.29) is 12.4 Å². The van der Waals surface area contributed by atoms with Crippen molar-refractivity contribution in [3.63, 3.8) is 0 Å². The first-order valence-corrected chi connectivity index (χ1v) is 7.38. The largest absolute Gasteiger partial charge is 0.500 e. The van der Waals surface area contributed by atoms with Gasteiger partial charge < -0.3 is 24.5 Å². The van der Waals surface area contributed by atoms with Crippen LogP contribution in [0.25, 0.3) is 0 Å². The van der Waals surface area contributed by atoms with Crippen LogP contribution in [0.2, 0.25) is 0 Å². The van der Waals surface area contributed by atoms with Gasteiger partial charge in [0.25, 0.3) is 0 Å². The second kappa shape index (κ2) is 8.87. The molecular weight excluding hydrogens is 294 g/mol. The first-order chi connectivity index (χ1) is 9.78. The number of hydrogen-bond donors (Lipinski definition) is 1. The van der Waals surface area contributed by atoms with Gasteiger partial charge in [0, 0.05) is 38.3 Å². The minimum Gasteiger partial charge on any atom is -0.500 e. The summed E-state index contributed by atoms with van der Waals surface area (Å²) < 4.78 is 10.7. The van der Waals surface area contributed by atoms with E-state index in [2.05, 4.69) is 16.3 Å². The van der Waals surface area contributed by atoms with Crippen molar-refractivity contribution in [2.75, 3.05) is 33.4 Å². The second-order valence-corrected chi connectivity index (χ2v) is 5.17. The Morgan fingerprint density at radius 1 is 1.38 bits per heavy atom. The van der Waals surface area contributed by atoms with E-state index in [0.29, 0.717) is 18.7 Å². The number of methoxy groups -OCH3 is 1. The van der Waals surface area contributed by atoms with Crippen LogP contribution in [-0.2, 0) is 9.47 Å². The zero-order valence-electron chi connectivity index (χ0n) is 12.8. The fraction of sp³-hybridized carbons (Fsp3) is 0.786. The summed E-state index contributed by atoms with van der Waals surface area (Å²) in [6.45, 7) is 5.23. The zero-order chi connectivity index (χ0) is 14.4. The average molecular weight is 320 g/mol. The molecule has 6 nitrogen and oxygen atoms in total. The standard InChI is InChI=1S/C14H25N3O3.ClH/c1-3-20-14(15-18)16-9-6-12(7-10-16)17-8-4-5-13(11-17)19-2;/h11-12,18H,3-10H2,1-2H3;1H. The summed E-state index contributed by atoms with van der Waals surface area (Å²) in [6, 6.07) is 0.885. The second-order valence-electron chi connectivity index (χ2n) is 5.17. The van der Waals surface area contributed by atoms with Crippen molar-refractivity contribution in [3.8, 4) is 0 Å². The van der Waals surface area contributed by atoms with Crippen molar-refractivity contribution >= 4 is 18.4 Å². The van der Waals surface area contributed by atoms with Crippen molar-refractivity contribution in [1.82, 2.24) is 9.80 Å². The number of rotatable bonds is 3. The molecule has 0 unspecified atom stereocenters. The SMILES string of the molecule is CCOC(=NO)N1CCC(N2C=C(OC)CCC2)CC1.Cl. The highest BCUT2D eigenvalue weighted by molar-refractivity contribution is 5.85. The number of amidine groups is 1. The van der Waals surface area contributed by atoms with Crippen LogP contribution >= 0.6 is 12.4 Å². The Labute approximate surface area is 132 Å². The van der Waals surface area contributed by atoms with Gasteiger partial charge in [0.2, 0.25) is 0 Å². The molecule has 2 heterocycles. The molecule has 21 heavy (non-hydrogen) atoms. The molecule has 0 aromatic heterocycles. The third-order valence-electron chi connectivity index (χ3n) is 3.97. The highest BCUT2D eigenvalue weighted by atomic mass is 35.5. The van der Waals surface area contributed by atoms with E-state index in [1.165, 1.54) is 0 Å². The van der Waals surface area contributed by atoms with Crippen molar-refractivity contribution in [3.05, 3.63) is 12.0 Å². The molecule has 0 spiro atoms. The van der Waals surface area contributed by atoms with Gasteiger partial charge in [-0.25, -0.2) is 0 Å². The lowest BCUT2D eigenvalue weighted by molar-refractivity contribution is 0.131. The quantitative estimate of drug-likeness (QED) is 0.374. The van der Waals surface area contributed by atoms with Crippen LogP contribution in [0.15, 0.2) is 17.1 Å². The molecule has 0 aromatic rings. The Bertz CT molecular complexity index is 368. The molecule has 1 fully saturated rings. The summed E-state index contributed by atoms with van der Waals surface area (Å²) in [4.78, 5) is 4.40. The van der Waals surface area contributed by atoms with E-state index < -0.39 is 0 Å². The topological polar surface area (TPSA) is 57.5 Å². The highest BCUT2D eigenvalue weighted by Crippen LogP contribution is 2.23. The maximum Gasteiger partial charge on any atom is 0.326 e. The monoisotopic (exact) mass is 319 g/mol.